The zero-order chi connectivity index (χ0) is 11.3. The molecule has 0 saturated carbocycles. The fraction of sp³-hybridized carbons (Fsp3) is 0.467. The van der Waals surface area contributed by atoms with Gasteiger partial charge in [0.1, 0.15) is 0 Å². The molecule has 0 atom stereocenters. The summed E-state index contributed by atoms with van der Waals surface area (Å²) < 4.78 is 0. The van der Waals surface area contributed by atoms with E-state index in [9.17, 15) is 0 Å². The summed E-state index contributed by atoms with van der Waals surface area (Å²) in [7, 11) is 0. The number of hydrogen-bond acceptors (Lipinski definition) is 0. The fourth-order valence-electron chi connectivity index (χ4n) is 2.18. The average Bonchev–Trinajstić information content (AvgIpc) is 2.28. The lowest BCUT2D eigenvalue weighted by atomic mass is 9.92. The highest BCUT2D eigenvalue weighted by Gasteiger charge is 2.06. The van der Waals surface area contributed by atoms with Crippen LogP contribution in [0.4, 0.5) is 0 Å². The first-order valence-corrected chi connectivity index (χ1v) is 6.01. The number of benzene rings is 1. The van der Waals surface area contributed by atoms with E-state index in [1.165, 1.54) is 22.3 Å². The third kappa shape index (κ3) is 2.71. The van der Waals surface area contributed by atoms with E-state index in [0.717, 1.165) is 25.7 Å². The Morgan fingerprint density at radius 1 is 1.00 bits per heavy atom. The van der Waals surface area contributed by atoms with Gasteiger partial charge in [0.05, 0.1) is 0 Å². The summed E-state index contributed by atoms with van der Waals surface area (Å²) in [5, 5.41) is 0. The van der Waals surface area contributed by atoms with Crippen LogP contribution in [-0.4, -0.2) is 0 Å². The van der Waals surface area contributed by atoms with Crippen molar-refractivity contribution < 1.29 is 0 Å². The van der Waals surface area contributed by atoms with Gasteiger partial charge in [0.25, 0.3) is 0 Å². The second kappa shape index (κ2) is 5.75. The maximum Gasteiger partial charge on any atom is -0.00972 e. The monoisotopic (exact) mass is 202 g/mol. The largest absolute Gasteiger partial charge is 0.103 e. The van der Waals surface area contributed by atoms with Gasteiger partial charge in [-0.05, 0) is 47.9 Å². The Hall–Kier alpha value is -1.04. The Morgan fingerprint density at radius 3 is 2.13 bits per heavy atom. The SMILES string of the molecule is C=CCc1cc(CC)cc(CC)c1CC. The Labute approximate surface area is 94.0 Å². The van der Waals surface area contributed by atoms with Gasteiger partial charge in [-0.3, -0.25) is 0 Å². The number of rotatable bonds is 5. The van der Waals surface area contributed by atoms with Gasteiger partial charge in [0.2, 0.25) is 0 Å². The quantitative estimate of drug-likeness (QED) is 0.630. The molecular formula is C15H22. The molecular weight excluding hydrogens is 180 g/mol. The Bertz CT molecular complexity index is 334. The van der Waals surface area contributed by atoms with Crippen molar-refractivity contribution in [1.29, 1.82) is 0 Å². The molecule has 0 aliphatic heterocycles. The van der Waals surface area contributed by atoms with Crippen LogP contribution in [0, 0.1) is 0 Å². The minimum Gasteiger partial charge on any atom is -0.103 e. The van der Waals surface area contributed by atoms with Crippen LogP contribution < -0.4 is 0 Å². The molecule has 0 saturated heterocycles. The van der Waals surface area contributed by atoms with Gasteiger partial charge in [-0.25, -0.2) is 0 Å². The molecule has 0 aromatic heterocycles. The van der Waals surface area contributed by atoms with E-state index < -0.39 is 0 Å². The van der Waals surface area contributed by atoms with Gasteiger partial charge in [0, 0.05) is 0 Å². The number of hydrogen-bond donors (Lipinski definition) is 0. The summed E-state index contributed by atoms with van der Waals surface area (Å²) in [5.41, 5.74) is 5.99. The van der Waals surface area contributed by atoms with E-state index in [4.69, 9.17) is 0 Å². The molecule has 1 rings (SSSR count). The summed E-state index contributed by atoms with van der Waals surface area (Å²) in [5.74, 6) is 0. The molecule has 0 aliphatic carbocycles. The molecule has 0 aliphatic rings. The zero-order valence-corrected chi connectivity index (χ0v) is 10.3. The van der Waals surface area contributed by atoms with Crippen molar-refractivity contribution in [2.45, 2.75) is 46.5 Å². The van der Waals surface area contributed by atoms with Crippen LogP contribution >= 0.6 is 0 Å². The lowest BCUT2D eigenvalue weighted by molar-refractivity contribution is 0.981. The van der Waals surface area contributed by atoms with Gasteiger partial charge in [-0.1, -0.05) is 39.0 Å². The third-order valence-electron chi connectivity index (χ3n) is 3.00. The molecule has 0 heterocycles. The highest BCUT2D eigenvalue weighted by atomic mass is 14.1. The summed E-state index contributed by atoms with van der Waals surface area (Å²) in [6, 6.07) is 4.71. The molecule has 82 valence electrons. The van der Waals surface area contributed by atoms with E-state index in [1.54, 1.807) is 0 Å². The highest BCUT2D eigenvalue weighted by molar-refractivity contribution is 5.40. The van der Waals surface area contributed by atoms with Crippen molar-refractivity contribution >= 4 is 0 Å². The van der Waals surface area contributed by atoms with E-state index in [-0.39, 0.29) is 0 Å². The second-order valence-electron chi connectivity index (χ2n) is 3.95. The van der Waals surface area contributed by atoms with Crippen molar-refractivity contribution in [3.8, 4) is 0 Å². The topological polar surface area (TPSA) is 0 Å². The maximum atomic E-state index is 3.84. The number of allylic oxidation sites excluding steroid dienone is 1. The number of aryl methyl sites for hydroxylation is 2. The Balaban J connectivity index is 3.25. The lowest BCUT2D eigenvalue weighted by Gasteiger charge is -2.14. The predicted molar refractivity (Wildman–Crippen MR) is 68.5 cm³/mol. The average molecular weight is 202 g/mol. The first kappa shape index (κ1) is 12.0. The van der Waals surface area contributed by atoms with Crippen LogP contribution in [0.5, 0.6) is 0 Å². The zero-order valence-electron chi connectivity index (χ0n) is 10.3. The molecule has 0 unspecified atom stereocenters. The molecule has 0 radical (unpaired) electrons. The minimum atomic E-state index is 1.00. The lowest BCUT2D eigenvalue weighted by Crippen LogP contribution is -2.00. The third-order valence-corrected chi connectivity index (χ3v) is 3.00. The van der Waals surface area contributed by atoms with Crippen molar-refractivity contribution in [2.75, 3.05) is 0 Å². The molecule has 0 nitrogen and oxygen atoms in total. The van der Waals surface area contributed by atoms with Crippen molar-refractivity contribution in [1.82, 2.24) is 0 Å². The van der Waals surface area contributed by atoms with E-state index in [0.29, 0.717) is 0 Å². The van der Waals surface area contributed by atoms with Gasteiger partial charge in [0.15, 0.2) is 0 Å². The molecule has 0 fully saturated rings. The molecule has 0 heteroatoms. The standard InChI is InChI=1S/C15H22/c1-5-9-14-11-12(6-2)10-13(7-3)15(14)8-4/h5,10-11H,1,6-9H2,2-4H3. The predicted octanol–water partition coefficient (Wildman–Crippen LogP) is 4.10. The molecule has 0 bridgehead atoms. The summed E-state index contributed by atoms with van der Waals surface area (Å²) in [6.45, 7) is 10.5. The van der Waals surface area contributed by atoms with Crippen molar-refractivity contribution in [3.63, 3.8) is 0 Å². The maximum absolute atomic E-state index is 3.84. The summed E-state index contributed by atoms with van der Waals surface area (Å²) >= 11 is 0. The van der Waals surface area contributed by atoms with Crippen LogP contribution in [-0.2, 0) is 25.7 Å². The molecule has 0 amide bonds. The summed E-state index contributed by atoms with van der Waals surface area (Å²) in [4.78, 5) is 0. The van der Waals surface area contributed by atoms with Crippen LogP contribution in [0.25, 0.3) is 0 Å². The molecule has 1 aromatic carbocycles. The van der Waals surface area contributed by atoms with Gasteiger partial charge in [-0.2, -0.15) is 0 Å². The van der Waals surface area contributed by atoms with Crippen LogP contribution in [0.3, 0.4) is 0 Å². The Morgan fingerprint density at radius 2 is 1.67 bits per heavy atom. The first-order valence-electron chi connectivity index (χ1n) is 6.01. The van der Waals surface area contributed by atoms with Gasteiger partial charge in [-0.15, -0.1) is 6.58 Å². The molecule has 15 heavy (non-hydrogen) atoms. The molecule has 0 N–H and O–H groups in total. The normalized spacial score (nSPS) is 10.3. The van der Waals surface area contributed by atoms with E-state index >= 15 is 0 Å². The van der Waals surface area contributed by atoms with Gasteiger partial charge < -0.3 is 0 Å². The smallest absolute Gasteiger partial charge is 0.00972 e. The Kier molecular flexibility index (Phi) is 4.61. The van der Waals surface area contributed by atoms with Crippen molar-refractivity contribution in [3.05, 3.63) is 47.0 Å². The molecule has 0 spiro atoms. The van der Waals surface area contributed by atoms with Crippen LogP contribution in [0.15, 0.2) is 24.8 Å². The van der Waals surface area contributed by atoms with Crippen LogP contribution in [0.1, 0.15) is 43.0 Å². The van der Waals surface area contributed by atoms with Crippen molar-refractivity contribution in [2.24, 2.45) is 0 Å². The van der Waals surface area contributed by atoms with Crippen LogP contribution in [0.2, 0.25) is 0 Å². The highest BCUT2D eigenvalue weighted by Crippen LogP contribution is 2.20. The van der Waals surface area contributed by atoms with Gasteiger partial charge >= 0.3 is 0 Å². The fourth-order valence-corrected chi connectivity index (χ4v) is 2.18. The molecule has 1 aromatic rings. The first-order chi connectivity index (χ1) is 7.26. The summed E-state index contributed by atoms with van der Waals surface area (Å²) in [6.07, 6.45) is 6.41. The van der Waals surface area contributed by atoms with E-state index in [2.05, 4.69) is 39.5 Å². The second-order valence-corrected chi connectivity index (χ2v) is 3.95. The minimum absolute atomic E-state index is 1.00. The van der Waals surface area contributed by atoms with E-state index in [1.807, 2.05) is 6.08 Å².